The van der Waals surface area contributed by atoms with E-state index in [0.29, 0.717) is 44.6 Å². The van der Waals surface area contributed by atoms with Gasteiger partial charge in [0.05, 0.1) is 16.1 Å². The van der Waals surface area contributed by atoms with Crippen molar-refractivity contribution in [2.45, 2.75) is 26.6 Å². The van der Waals surface area contributed by atoms with Gasteiger partial charge in [0.1, 0.15) is 41.1 Å². The lowest BCUT2D eigenvalue weighted by molar-refractivity contribution is -0.141. The van der Waals surface area contributed by atoms with E-state index in [2.05, 4.69) is 26.8 Å². The van der Waals surface area contributed by atoms with Crippen LogP contribution in [-0.4, -0.2) is 93.0 Å². The minimum absolute atomic E-state index is 0.0335. The summed E-state index contributed by atoms with van der Waals surface area (Å²) in [5.74, 6) is 0.531. The molecule has 0 spiro atoms. The first-order valence-electron chi connectivity index (χ1n) is 20.6. The third-order valence-corrected chi connectivity index (χ3v) is 12.7. The average Bonchev–Trinajstić information content (AvgIpc) is 3.68. The van der Waals surface area contributed by atoms with Crippen LogP contribution in [0, 0.1) is 12.7 Å². The number of carbonyl (C=O) groups is 1. The lowest BCUT2D eigenvalue weighted by atomic mass is 9.95. The van der Waals surface area contributed by atoms with Gasteiger partial charge in [0, 0.05) is 61.1 Å². The molecule has 4 heterocycles. The molecule has 7 aromatic rings. The number of hydrogen-bond acceptors (Lipinski definition) is 13. The third kappa shape index (κ3) is 11.1. The number of ether oxygens (including phenoxy) is 4. The molecule has 0 saturated carbocycles. The van der Waals surface area contributed by atoms with Gasteiger partial charge in [0.25, 0.3) is 0 Å². The second-order valence-electron chi connectivity index (χ2n) is 15.2. The summed E-state index contributed by atoms with van der Waals surface area (Å²) in [5.41, 5.74) is 4.03. The van der Waals surface area contributed by atoms with Gasteiger partial charge in [0.2, 0.25) is 0 Å². The van der Waals surface area contributed by atoms with Crippen molar-refractivity contribution in [2.75, 3.05) is 46.4 Å². The normalized spacial score (nSPS) is 14.0. The number of pyridine rings is 1. The van der Waals surface area contributed by atoms with Crippen LogP contribution in [0.4, 0.5) is 4.39 Å². The number of nitrogens with zero attached hydrogens (tertiary/aromatic N) is 5. The van der Waals surface area contributed by atoms with Crippen LogP contribution in [0.1, 0.15) is 18.2 Å². The van der Waals surface area contributed by atoms with Gasteiger partial charge in [-0.05, 0) is 92.2 Å². The van der Waals surface area contributed by atoms with E-state index in [0.717, 1.165) is 59.9 Å². The first-order chi connectivity index (χ1) is 31.3. The highest BCUT2D eigenvalue weighted by molar-refractivity contribution is 7.46. The summed E-state index contributed by atoms with van der Waals surface area (Å²) in [6.07, 6.45) is 2.03. The molecule has 0 aliphatic carbocycles. The fraction of sp³-hybridized carbons (Fsp3) is 0.234. The summed E-state index contributed by atoms with van der Waals surface area (Å²) in [7, 11) is -2.64. The third-order valence-electron chi connectivity index (χ3n) is 10.6. The Morgan fingerprint density at radius 1 is 0.877 bits per heavy atom. The molecule has 2 N–H and O–H groups in total. The van der Waals surface area contributed by atoms with Crippen LogP contribution < -0.4 is 23.5 Å². The maximum absolute atomic E-state index is 14.2. The Balaban J connectivity index is 1.01. The monoisotopic (exact) mass is 939 g/mol. The van der Waals surface area contributed by atoms with Crippen LogP contribution in [0.2, 0.25) is 5.02 Å². The van der Waals surface area contributed by atoms with Gasteiger partial charge in [0.15, 0.2) is 23.4 Å². The summed E-state index contributed by atoms with van der Waals surface area (Å²) in [6, 6.07) is 26.1. The number of thiophene rings is 1. The number of likely N-dealkylation sites (N-methyl/N-ethyl adjacent to an activating group) is 1. The van der Waals surface area contributed by atoms with Gasteiger partial charge in [-0.1, -0.05) is 54.1 Å². The van der Waals surface area contributed by atoms with Crippen molar-refractivity contribution in [2.24, 2.45) is 0 Å². The Kier molecular flexibility index (Phi) is 14.1. The molecule has 65 heavy (non-hydrogen) atoms. The molecular weight excluding hydrogens is 896 g/mol. The van der Waals surface area contributed by atoms with Gasteiger partial charge in [-0.25, -0.2) is 28.7 Å². The van der Waals surface area contributed by atoms with Gasteiger partial charge in [-0.2, -0.15) is 0 Å². The minimum atomic E-state index is -4.77. The fourth-order valence-corrected chi connectivity index (χ4v) is 9.02. The highest BCUT2D eigenvalue weighted by Gasteiger charge is 2.27. The highest BCUT2D eigenvalue weighted by Crippen LogP contribution is 2.50. The first kappa shape index (κ1) is 45.6. The summed E-state index contributed by atoms with van der Waals surface area (Å²) in [4.78, 5) is 51.8. The number of aromatic nitrogens is 3. The number of rotatable bonds is 16. The number of piperazine rings is 1. The fourth-order valence-electron chi connectivity index (χ4n) is 7.23. The quantitative estimate of drug-likeness (QED) is 0.0535. The first-order valence-corrected chi connectivity index (χ1v) is 23.3. The van der Waals surface area contributed by atoms with Crippen LogP contribution in [-0.2, 0) is 16.0 Å². The van der Waals surface area contributed by atoms with E-state index in [1.807, 2.05) is 19.1 Å². The molecule has 1 saturated heterocycles. The number of carbonyl (C=O) groups excluding carboxylic acids is 1. The summed E-state index contributed by atoms with van der Waals surface area (Å²) >= 11 is 8.47. The van der Waals surface area contributed by atoms with Gasteiger partial charge < -0.3 is 28.4 Å². The molecule has 8 rings (SSSR count). The zero-order chi connectivity index (χ0) is 45.7. The molecule has 4 aromatic carbocycles. The zero-order valence-corrected chi connectivity index (χ0v) is 38.0. The highest BCUT2D eigenvalue weighted by atomic mass is 35.5. The van der Waals surface area contributed by atoms with Crippen LogP contribution in [0.25, 0.3) is 43.2 Å². The van der Waals surface area contributed by atoms with Crippen molar-refractivity contribution < 1.29 is 47.0 Å². The van der Waals surface area contributed by atoms with Gasteiger partial charge in [-0.15, -0.1) is 11.3 Å². The lowest BCUT2D eigenvalue weighted by Crippen LogP contribution is -2.45. The molecule has 0 radical (unpaired) electrons. The Labute approximate surface area is 383 Å². The summed E-state index contributed by atoms with van der Waals surface area (Å²) < 4.78 is 54.8. The van der Waals surface area contributed by atoms with Gasteiger partial charge >= 0.3 is 13.8 Å². The van der Waals surface area contributed by atoms with Crippen molar-refractivity contribution in [1.29, 1.82) is 0 Å². The molecule has 1 unspecified atom stereocenters. The second-order valence-corrected chi connectivity index (χ2v) is 17.8. The van der Waals surface area contributed by atoms with Crippen molar-refractivity contribution in [3.63, 3.8) is 0 Å². The number of phosphoric ester groups is 1. The SMILES string of the molecule is Cc1c(-c2c(-c3ccc(F)cc3)sc3nccc(OC(C)C(=O)Oc4ccccc4OCc4ccnc(-c5cccc(OP(=O)(O)O)c5)n4)c23)ccc(OCCN2CCN(C)CC2)c1Cl. The number of esters is 1. The van der Waals surface area contributed by atoms with Crippen molar-refractivity contribution in [3.05, 3.63) is 132 Å². The van der Waals surface area contributed by atoms with E-state index < -0.39 is 19.9 Å². The largest absolute Gasteiger partial charge is 0.524 e. The van der Waals surface area contributed by atoms with Crippen LogP contribution >= 0.6 is 30.8 Å². The predicted octanol–water partition coefficient (Wildman–Crippen LogP) is 9.24. The lowest BCUT2D eigenvalue weighted by Gasteiger charge is -2.32. The van der Waals surface area contributed by atoms with E-state index in [1.54, 1.807) is 73.8 Å². The number of halogens is 2. The molecule has 1 fully saturated rings. The van der Waals surface area contributed by atoms with Crippen LogP contribution in [0.3, 0.4) is 0 Å². The number of phosphoric acid groups is 1. The molecule has 336 valence electrons. The smallest absolute Gasteiger partial charge is 0.491 e. The molecule has 0 amide bonds. The zero-order valence-electron chi connectivity index (χ0n) is 35.5. The molecule has 1 aliphatic rings. The topological polar surface area (TPSA) is 166 Å². The van der Waals surface area contributed by atoms with Crippen LogP contribution in [0.15, 0.2) is 109 Å². The number of fused-ring (bicyclic) bond motifs is 1. The summed E-state index contributed by atoms with van der Waals surface area (Å²) in [6.45, 7) is 8.74. The molecule has 14 nitrogen and oxygen atoms in total. The Bertz CT molecular complexity index is 2870. The van der Waals surface area contributed by atoms with E-state index in [9.17, 15) is 23.5 Å². The summed E-state index contributed by atoms with van der Waals surface area (Å²) in [5, 5.41) is 1.11. The van der Waals surface area contributed by atoms with E-state index in [1.165, 1.54) is 41.8 Å². The second kappa shape index (κ2) is 20.0. The number of para-hydroxylation sites is 2. The number of hydrogen-bond donors (Lipinski definition) is 2. The average molecular weight is 940 g/mol. The van der Waals surface area contributed by atoms with Crippen molar-refractivity contribution >= 4 is 46.9 Å². The molecule has 18 heteroatoms. The van der Waals surface area contributed by atoms with Crippen molar-refractivity contribution in [3.8, 4) is 61.7 Å². The van der Waals surface area contributed by atoms with E-state index in [-0.39, 0.29) is 35.5 Å². The standard InChI is InChI=1S/C47H44ClFN5O9PS/c1-29-36(15-16-40(43(29)48)59-26-25-54-23-21-53(3)22-24-54)41-42-39(18-20-51-46(42)65-44(41)31-11-13-33(49)14-12-31)61-30(2)47(55)62-38-10-5-4-9-37(38)60-28-34-17-19-50-45(52-34)32-7-6-8-35(27-32)63-64(56,57)58/h4-20,27,30H,21-26,28H2,1-3H3,(H2,56,57,58). The van der Waals surface area contributed by atoms with Crippen molar-refractivity contribution in [1.82, 2.24) is 24.8 Å². The van der Waals surface area contributed by atoms with E-state index in [4.69, 9.17) is 40.1 Å². The Morgan fingerprint density at radius 2 is 1.63 bits per heavy atom. The maximum Gasteiger partial charge on any atom is 0.524 e. The maximum atomic E-state index is 14.2. The molecule has 0 bridgehead atoms. The van der Waals surface area contributed by atoms with Crippen LogP contribution in [0.5, 0.6) is 28.7 Å². The molecule has 1 atom stereocenters. The Hall–Kier alpha value is -5.97. The molecule has 1 aliphatic heterocycles. The van der Waals surface area contributed by atoms with Gasteiger partial charge in [-0.3, -0.25) is 14.7 Å². The molecular formula is C47H44ClFN5O9PS. The number of benzene rings is 4. The minimum Gasteiger partial charge on any atom is -0.491 e. The Morgan fingerprint density at radius 3 is 2.40 bits per heavy atom. The molecule has 3 aromatic heterocycles. The predicted molar refractivity (Wildman–Crippen MR) is 246 cm³/mol. The van der Waals surface area contributed by atoms with E-state index >= 15 is 0 Å².